The number of phenols is 1. The molecule has 2 N–H and O–H groups in total. The smallest absolute Gasteiger partial charge is 0.303 e. The number of carboxylic acid groups (broad SMARTS) is 1. The first-order valence-corrected chi connectivity index (χ1v) is 12.2. The van der Waals surface area contributed by atoms with Crippen LogP contribution in [0.1, 0.15) is 49.7 Å². The van der Waals surface area contributed by atoms with Crippen molar-refractivity contribution in [2.45, 2.75) is 45.4 Å². The highest BCUT2D eigenvalue weighted by molar-refractivity contribution is 6.23. The molecule has 1 fully saturated rings. The van der Waals surface area contributed by atoms with Gasteiger partial charge in [0.2, 0.25) is 11.8 Å². The summed E-state index contributed by atoms with van der Waals surface area (Å²) in [5, 5.41) is 19.0. The summed E-state index contributed by atoms with van der Waals surface area (Å²) in [7, 11) is 0. The maximum atomic E-state index is 13.5. The highest BCUT2D eigenvalue weighted by atomic mass is 16.4. The second kappa shape index (κ2) is 8.69. The molecule has 2 amide bonds. The zero-order valence-corrected chi connectivity index (χ0v) is 20.1. The molecule has 1 heterocycles. The summed E-state index contributed by atoms with van der Waals surface area (Å²) in [6, 6.07) is 5.09. The third-order valence-electron chi connectivity index (χ3n) is 7.98. The zero-order valence-electron chi connectivity index (χ0n) is 20.1. The number of allylic oxidation sites excluding steroid dienone is 6. The van der Waals surface area contributed by atoms with Crippen LogP contribution in [0.15, 0.2) is 52.6 Å². The minimum atomic E-state index is -0.988. The van der Waals surface area contributed by atoms with E-state index in [-0.39, 0.29) is 54.9 Å². The number of benzene rings is 1. The summed E-state index contributed by atoms with van der Waals surface area (Å²) in [4.78, 5) is 65.2. The Kier molecular flexibility index (Phi) is 5.77. The molecule has 8 nitrogen and oxygen atoms in total. The Labute approximate surface area is 208 Å². The Hall–Kier alpha value is -3.81. The van der Waals surface area contributed by atoms with Crippen molar-refractivity contribution in [3.63, 3.8) is 0 Å². The first-order chi connectivity index (χ1) is 17.1. The third kappa shape index (κ3) is 3.63. The van der Waals surface area contributed by atoms with Gasteiger partial charge in [-0.3, -0.25) is 28.9 Å². The van der Waals surface area contributed by atoms with Gasteiger partial charge in [-0.2, -0.15) is 0 Å². The van der Waals surface area contributed by atoms with E-state index in [2.05, 4.69) is 0 Å². The molecule has 1 aromatic rings. The Morgan fingerprint density at radius 1 is 1.08 bits per heavy atom. The number of aliphatic carboxylic acids is 1. The molecule has 8 heteroatoms. The number of likely N-dealkylation sites (tertiary alicyclic amines) is 1. The van der Waals surface area contributed by atoms with Crippen molar-refractivity contribution in [1.82, 2.24) is 4.90 Å². The van der Waals surface area contributed by atoms with Crippen molar-refractivity contribution < 1.29 is 34.2 Å². The second-order valence-electron chi connectivity index (χ2n) is 10.1. The number of rotatable bonds is 5. The number of aromatic hydroxyl groups is 1. The SMILES string of the molecule is CC1=CC(=O)C2=C(CC3C(=CCC4C(=O)N(CCCC(=O)O)C(=O)C43)C2c2ccc(O)c(C)c2)C1=O. The number of carbonyl (C=O) groups is 5. The lowest BCUT2D eigenvalue weighted by atomic mass is 9.59. The molecule has 0 saturated carbocycles. The number of carboxylic acids is 1. The van der Waals surface area contributed by atoms with Gasteiger partial charge in [0.25, 0.3) is 0 Å². The van der Waals surface area contributed by atoms with Gasteiger partial charge in [-0.1, -0.05) is 23.8 Å². The van der Waals surface area contributed by atoms with Crippen LogP contribution < -0.4 is 0 Å². The van der Waals surface area contributed by atoms with E-state index in [9.17, 15) is 29.1 Å². The number of nitrogens with zero attached hydrogens (tertiary/aromatic N) is 1. The maximum absolute atomic E-state index is 13.5. The van der Waals surface area contributed by atoms with Crippen LogP contribution in [0.4, 0.5) is 0 Å². The van der Waals surface area contributed by atoms with Gasteiger partial charge in [-0.05, 0) is 62.3 Å². The molecule has 1 aromatic carbocycles. The van der Waals surface area contributed by atoms with E-state index in [1.165, 1.54) is 11.0 Å². The molecule has 3 aliphatic carbocycles. The fourth-order valence-corrected chi connectivity index (χ4v) is 6.29. The molecule has 0 aromatic heterocycles. The van der Waals surface area contributed by atoms with Gasteiger partial charge in [0.1, 0.15) is 5.75 Å². The average molecular weight is 490 g/mol. The monoisotopic (exact) mass is 489 g/mol. The van der Waals surface area contributed by atoms with Gasteiger partial charge < -0.3 is 10.2 Å². The van der Waals surface area contributed by atoms with Crippen LogP contribution in [-0.4, -0.2) is 51.0 Å². The minimum Gasteiger partial charge on any atom is -0.508 e. The van der Waals surface area contributed by atoms with Crippen LogP contribution in [0.2, 0.25) is 0 Å². The van der Waals surface area contributed by atoms with E-state index in [0.29, 0.717) is 28.7 Å². The molecule has 36 heavy (non-hydrogen) atoms. The predicted molar refractivity (Wildman–Crippen MR) is 128 cm³/mol. The van der Waals surface area contributed by atoms with E-state index in [1.807, 2.05) is 6.08 Å². The Balaban J connectivity index is 1.58. The summed E-state index contributed by atoms with van der Waals surface area (Å²) in [5.74, 6) is -4.16. The number of aryl methyl sites for hydroxylation is 1. The number of phenolic OH excluding ortho intramolecular Hbond substituents is 1. The van der Waals surface area contributed by atoms with Gasteiger partial charge in [0.05, 0.1) is 11.8 Å². The third-order valence-corrected chi connectivity index (χ3v) is 7.98. The van der Waals surface area contributed by atoms with Crippen molar-refractivity contribution >= 4 is 29.4 Å². The summed E-state index contributed by atoms with van der Waals surface area (Å²) >= 11 is 0. The number of carbonyl (C=O) groups excluding carboxylic acids is 4. The number of amides is 2. The standard InChI is InChI=1S/C28H27NO7/c1-13-10-15(5-8-20(13)30)23-16-6-7-17-24(28(36)29(27(17)35)9-3-4-22(32)33)18(16)12-19-25(23)21(31)11-14(2)26(19)34/h5-6,8,10-11,17-18,23-24,30H,3-4,7,9,12H2,1-2H3,(H,32,33). The first kappa shape index (κ1) is 23.9. The number of hydrogen-bond donors (Lipinski definition) is 2. The van der Waals surface area contributed by atoms with Crippen molar-refractivity contribution in [3.05, 3.63) is 63.8 Å². The van der Waals surface area contributed by atoms with Crippen LogP contribution in [0.3, 0.4) is 0 Å². The quantitative estimate of drug-likeness (QED) is 0.370. The van der Waals surface area contributed by atoms with Crippen molar-refractivity contribution in [3.8, 4) is 5.75 Å². The molecule has 186 valence electrons. The molecule has 1 saturated heterocycles. The van der Waals surface area contributed by atoms with Crippen LogP contribution in [-0.2, 0) is 24.0 Å². The molecular weight excluding hydrogens is 462 g/mol. The van der Waals surface area contributed by atoms with E-state index in [4.69, 9.17) is 5.11 Å². The zero-order chi connectivity index (χ0) is 25.9. The lowest BCUT2D eigenvalue weighted by Gasteiger charge is -2.42. The largest absolute Gasteiger partial charge is 0.508 e. The highest BCUT2D eigenvalue weighted by Crippen LogP contribution is 2.55. The van der Waals surface area contributed by atoms with Crippen LogP contribution in [0.25, 0.3) is 0 Å². The second-order valence-corrected chi connectivity index (χ2v) is 10.1. The van der Waals surface area contributed by atoms with Gasteiger partial charge in [0, 0.05) is 35.6 Å². The van der Waals surface area contributed by atoms with E-state index >= 15 is 0 Å². The highest BCUT2D eigenvalue weighted by Gasteiger charge is 2.56. The molecule has 4 aliphatic rings. The van der Waals surface area contributed by atoms with Gasteiger partial charge >= 0.3 is 5.97 Å². The average Bonchev–Trinajstić information content (AvgIpc) is 3.08. The van der Waals surface area contributed by atoms with Crippen LogP contribution in [0.5, 0.6) is 5.75 Å². The summed E-state index contributed by atoms with van der Waals surface area (Å²) in [6.07, 6.45) is 3.88. The molecule has 4 atom stereocenters. The Bertz CT molecular complexity index is 1330. The summed E-state index contributed by atoms with van der Waals surface area (Å²) < 4.78 is 0. The number of imide groups is 1. The number of ketones is 2. The van der Waals surface area contributed by atoms with Crippen molar-refractivity contribution in [2.75, 3.05) is 6.54 Å². The molecule has 4 unspecified atom stereocenters. The number of hydrogen-bond acceptors (Lipinski definition) is 6. The molecule has 1 aliphatic heterocycles. The van der Waals surface area contributed by atoms with Crippen molar-refractivity contribution in [1.29, 1.82) is 0 Å². The number of fused-ring (bicyclic) bond motifs is 3. The molecule has 0 spiro atoms. The fourth-order valence-electron chi connectivity index (χ4n) is 6.29. The first-order valence-electron chi connectivity index (χ1n) is 12.2. The topological polar surface area (TPSA) is 129 Å². The Morgan fingerprint density at radius 2 is 1.83 bits per heavy atom. The van der Waals surface area contributed by atoms with E-state index in [1.54, 1.807) is 32.0 Å². The molecular formula is C28H27NO7. The number of Topliss-reactive ketones (excluding diaryl/α,β-unsaturated/α-hetero) is 1. The molecule has 0 radical (unpaired) electrons. The fraction of sp³-hybridized carbons (Fsp3) is 0.393. The normalized spacial score (nSPS) is 27.4. The summed E-state index contributed by atoms with van der Waals surface area (Å²) in [5.41, 5.74) is 3.38. The molecule has 5 rings (SSSR count). The summed E-state index contributed by atoms with van der Waals surface area (Å²) in [6.45, 7) is 3.41. The van der Waals surface area contributed by atoms with Crippen LogP contribution >= 0.6 is 0 Å². The van der Waals surface area contributed by atoms with Gasteiger partial charge in [-0.15, -0.1) is 0 Å². The molecule has 0 bridgehead atoms. The lowest BCUT2D eigenvalue weighted by Crippen LogP contribution is -2.39. The van der Waals surface area contributed by atoms with E-state index in [0.717, 1.165) is 11.1 Å². The lowest BCUT2D eigenvalue weighted by molar-refractivity contribution is -0.142. The predicted octanol–water partition coefficient (Wildman–Crippen LogP) is 2.99. The van der Waals surface area contributed by atoms with E-state index < -0.39 is 29.6 Å². The van der Waals surface area contributed by atoms with Crippen LogP contribution in [0, 0.1) is 24.7 Å². The van der Waals surface area contributed by atoms with Crippen molar-refractivity contribution in [2.24, 2.45) is 17.8 Å². The minimum absolute atomic E-state index is 0.0484. The van der Waals surface area contributed by atoms with Gasteiger partial charge in [0.15, 0.2) is 11.6 Å². The van der Waals surface area contributed by atoms with Gasteiger partial charge in [-0.25, -0.2) is 0 Å². The maximum Gasteiger partial charge on any atom is 0.303 e. The Morgan fingerprint density at radius 3 is 2.53 bits per heavy atom.